The second-order valence-electron chi connectivity index (χ2n) is 6.43. The minimum Gasteiger partial charge on any atom is -0.480 e. The smallest absolute Gasteiger partial charge is 0.480 e. The van der Waals surface area contributed by atoms with E-state index in [0.717, 1.165) is 0 Å². The van der Waals surface area contributed by atoms with Crippen molar-refractivity contribution in [3.8, 4) is 11.5 Å². The van der Waals surface area contributed by atoms with Crippen molar-refractivity contribution in [3.05, 3.63) is 23.8 Å². The fourth-order valence-electron chi connectivity index (χ4n) is 2.54. The first-order chi connectivity index (χ1) is 14.6. The first-order valence-corrected chi connectivity index (χ1v) is 9.59. The fourth-order valence-corrected chi connectivity index (χ4v) is 2.54. The molecule has 0 amide bonds. The van der Waals surface area contributed by atoms with Crippen molar-refractivity contribution in [2.45, 2.75) is 45.6 Å². The first-order valence-electron chi connectivity index (χ1n) is 9.59. The van der Waals surface area contributed by atoms with Gasteiger partial charge in [-0.25, -0.2) is 9.59 Å². The third kappa shape index (κ3) is 8.91. The number of rotatable bonds is 11. The number of carbonyl (C=O) groups excluding carboxylic acids is 3. The van der Waals surface area contributed by atoms with Crippen LogP contribution in [0.15, 0.2) is 18.2 Å². The molecule has 0 bridgehead atoms. The van der Waals surface area contributed by atoms with Crippen molar-refractivity contribution in [1.82, 2.24) is 0 Å². The molecule has 0 heterocycles. The molecule has 1 atom stereocenters. The van der Waals surface area contributed by atoms with Crippen LogP contribution in [0, 0.1) is 0 Å². The summed E-state index contributed by atoms with van der Waals surface area (Å²) < 4.78 is 24.3. The molecule has 0 unspecified atom stereocenters. The van der Waals surface area contributed by atoms with E-state index in [0.29, 0.717) is 5.56 Å². The normalized spacial score (nSPS) is 12.3. The van der Waals surface area contributed by atoms with Crippen LogP contribution >= 0.6 is 0 Å². The summed E-state index contributed by atoms with van der Waals surface area (Å²) in [5.74, 6) is -2.02. The number of esters is 1. The number of aliphatic carboxylic acids is 1. The average molecular weight is 441 g/mol. The Kier molecular flexibility index (Phi) is 10.3. The zero-order valence-corrected chi connectivity index (χ0v) is 17.7. The topological polar surface area (TPSA) is 161 Å². The predicted octanol–water partition coefficient (Wildman–Crippen LogP) is 2.43. The standard InChI is InChI=1S/C20H27NO10/c1-4-27-18(25)30-15-8-7-14(11-16(15)31-19(26)28-5-2)12-20(21,17(23)24)9-6-10-29-13(3)22/h7-8,11H,4-6,9-10,12,21H2,1-3H3,(H,23,24)/t20-/m0/s1. The molecule has 0 spiro atoms. The molecule has 31 heavy (non-hydrogen) atoms. The molecule has 0 aliphatic heterocycles. The van der Waals surface area contributed by atoms with E-state index >= 15 is 0 Å². The minimum absolute atomic E-state index is 0.0186. The van der Waals surface area contributed by atoms with Crippen LogP contribution in [0.1, 0.15) is 39.2 Å². The summed E-state index contributed by atoms with van der Waals surface area (Å²) in [7, 11) is 0. The molecule has 0 saturated heterocycles. The lowest BCUT2D eigenvalue weighted by Gasteiger charge is -2.25. The number of carbonyl (C=O) groups is 4. The molecular formula is C20H27NO10. The van der Waals surface area contributed by atoms with Crippen molar-refractivity contribution in [2.75, 3.05) is 19.8 Å². The van der Waals surface area contributed by atoms with Gasteiger partial charge in [0.15, 0.2) is 11.5 Å². The van der Waals surface area contributed by atoms with Gasteiger partial charge in [0.25, 0.3) is 0 Å². The van der Waals surface area contributed by atoms with Gasteiger partial charge in [-0.2, -0.15) is 0 Å². The molecule has 0 saturated carbocycles. The van der Waals surface area contributed by atoms with Crippen LogP contribution in [0.5, 0.6) is 11.5 Å². The molecule has 3 N–H and O–H groups in total. The summed E-state index contributed by atoms with van der Waals surface area (Å²) in [5, 5.41) is 9.60. The van der Waals surface area contributed by atoms with Gasteiger partial charge < -0.3 is 34.5 Å². The molecule has 0 radical (unpaired) electrons. The number of hydrogen-bond acceptors (Lipinski definition) is 10. The van der Waals surface area contributed by atoms with E-state index in [1.54, 1.807) is 13.8 Å². The van der Waals surface area contributed by atoms with E-state index in [1.165, 1.54) is 25.1 Å². The fraction of sp³-hybridized carbons (Fsp3) is 0.500. The van der Waals surface area contributed by atoms with Crippen molar-refractivity contribution >= 4 is 24.2 Å². The lowest BCUT2D eigenvalue weighted by Crippen LogP contribution is -2.50. The van der Waals surface area contributed by atoms with Gasteiger partial charge in [0.1, 0.15) is 5.54 Å². The van der Waals surface area contributed by atoms with E-state index in [1.807, 2.05) is 0 Å². The Hall–Kier alpha value is -3.34. The van der Waals surface area contributed by atoms with E-state index in [2.05, 4.69) is 0 Å². The van der Waals surface area contributed by atoms with Crippen LogP contribution in [0.4, 0.5) is 9.59 Å². The average Bonchev–Trinajstić information content (AvgIpc) is 2.67. The second-order valence-corrected chi connectivity index (χ2v) is 6.43. The molecule has 172 valence electrons. The summed E-state index contributed by atoms with van der Waals surface area (Å²) in [5.41, 5.74) is 4.79. The summed E-state index contributed by atoms with van der Waals surface area (Å²) >= 11 is 0. The van der Waals surface area contributed by atoms with Gasteiger partial charge in [-0.05, 0) is 44.4 Å². The van der Waals surface area contributed by atoms with E-state index in [9.17, 15) is 24.3 Å². The van der Waals surface area contributed by atoms with E-state index < -0.39 is 29.8 Å². The minimum atomic E-state index is -1.68. The first kappa shape index (κ1) is 25.7. The highest BCUT2D eigenvalue weighted by atomic mass is 16.7. The lowest BCUT2D eigenvalue weighted by molar-refractivity contribution is -0.144. The van der Waals surface area contributed by atoms with Crippen LogP contribution in [0.25, 0.3) is 0 Å². The summed E-state index contributed by atoms with van der Waals surface area (Å²) in [6, 6.07) is 4.12. The number of benzene rings is 1. The van der Waals surface area contributed by atoms with Gasteiger partial charge in [-0.1, -0.05) is 6.07 Å². The van der Waals surface area contributed by atoms with Crippen molar-refractivity contribution in [3.63, 3.8) is 0 Å². The summed E-state index contributed by atoms with van der Waals surface area (Å²) in [6.07, 6.45) is -1.93. The Labute approximate surface area is 179 Å². The third-order valence-corrected chi connectivity index (χ3v) is 3.94. The molecule has 1 aromatic rings. The predicted molar refractivity (Wildman–Crippen MR) is 106 cm³/mol. The Morgan fingerprint density at radius 1 is 0.968 bits per heavy atom. The SMILES string of the molecule is CCOC(=O)Oc1ccc(C[C@@](N)(CCCOC(C)=O)C(=O)O)cc1OC(=O)OCC. The molecule has 1 rings (SSSR count). The molecular weight excluding hydrogens is 414 g/mol. The maximum Gasteiger partial charge on any atom is 0.513 e. The van der Waals surface area contributed by atoms with Crippen molar-refractivity contribution in [2.24, 2.45) is 5.73 Å². The zero-order chi connectivity index (χ0) is 23.4. The molecule has 11 nitrogen and oxygen atoms in total. The number of nitrogens with two attached hydrogens (primary N) is 1. The Bertz CT molecular complexity index is 794. The van der Waals surface area contributed by atoms with Gasteiger partial charge in [0.2, 0.25) is 0 Å². The van der Waals surface area contributed by atoms with Gasteiger partial charge in [-0.15, -0.1) is 0 Å². The van der Waals surface area contributed by atoms with Gasteiger partial charge in [0, 0.05) is 13.3 Å². The highest BCUT2D eigenvalue weighted by Gasteiger charge is 2.34. The molecule has 11 heteroatoms. The monoisotopic (exact) mass is 441 g/mol. The van der Waals surface area contributed by atoms with Crippen LogP contribution in [-0.4, -0.2) is 54.7 Å². The summed E-state index contributed by atoms with van der Waals surface area (Å²) in [4.78, 5) is 46.0. The van der Waals surface area contributed by atoms with Crippen LogP contribution < -0.4 is 15.2 Å². The largest absolute Gasteiger partial charge is 0.513 e. The van der Waals surface area contributed by atoms with E-state index in [4.69, 9.17) is 29.4 Å². The van der Waals surface area contributed by atoms with Gasteiger partial charge in [0.05, 0.1) is 19.8 Å². The number of ether oxygens (including phenoxy) is 5. The maximum atomic E-state index is 11.8. The van der Waals surface area contributed by atoms with Gasteiger partial charge >= 0.3 is 24.2 Å². The second kappa shape index (κ2) is 12.4. The number of carboxylic acid groups (broad SMARTS) is 1. The highest BCUT2D eigenvalue weighted by Crippen LogP contribution is 2.31. The summed E-state index contributed by atoms with van der Waals surface area (Å²) in [6.45, 7) is 4.59. The maximum absolute atomic E-state index is 11.8. The molecule has 0 aromatic heterocycles. The Morgan fingerprint density at radius 3 is 2.06 bits per heavy atom. The molecule has 0 fully saturated rings. The number of hydrogen-bond donors (Lipinski definition) is 2. The Balaban J connectivity index is 3.07. The molecule has 1 aromatic carbocycles. The third-order valence-electron chi connectivity index (χ3n) is 3.94. The van der Waals surface area contributed by atoms with Gasteiger partial charge in [-0.3, -0.25) is 9.59 Å². The lowest BCUT2D eigenvalue weighted by atomic mass is 9.87. The van der Waals surface area contributed by atoms with Crippen molar-refractivity contribution < 1.29 is 48.0 Å². The zero-order valence-electron chi connectivity index (χ0n) is 17.7. The molecule has 0 aliphatic carbocycles. The van der Waals surface area contributed by atoms with Crippen molar-refractivity contribution in [1.29, 1.82) is 0 Å². The van der Waals surface area contributed by atoms with Crippen LogP contribution in [0.3, 0.4) is 0 Å². The van der Waals surface area contributed by atoms with Crippen LogP contribution in [0.2, 0.25) is 0 Å². The Morgan fingerprint density at radius 2 is 1.55 bits per heavy atom. The molecule has 0 aliphatic rings. The highest BCUT2D eigenvalue weighted by molar-refractivity contribution is 5.79. The quantitative estimate of drug-likeness (QED) is 0.224. The van der Waals surface area contributed by atoms with Crippen LogP contribution in [-0.2, 0) is 30.2 Å². The number of carboxylic acids is 1. The van der Waals surface area contributed by atoms with E-state index in [-0.39, 0.29) is 50.6 Å².